The van der Waals surface area contributed by atoms with E-state index < -0.39 is 9.84 Å². The first-order valence-corrected chi connectivity index (χ1v) is 8.17. The van der Waals surface area contributed by atoms with Crippen molar-refractivity contribution >= 4 is 9.84 Å². The Morgan fingerprint density at radius 1 is 1.12 bits per heavy atom. The maximum atomic E-state index is 11.5. The Morgan fingerprint density at radius 3 is 1.94 bits per heavy atom. The molecule has 0 aliphatic carbocycles. The lowest BCUT2D eigenvalue weighted by Gasteiger charge is -2.35. The molecule has 0 fully saturated rings. The topological polar surface area (TPSA) is 46.2 Å². The number of hydrogen-bond donors (Lipinski definition) is 1. The molecule has 0 aliphatic heterocycles. The lowest BCUT2D eigenvalue weighted by atomic mass is 9.81. The lowest BCUT2D eigenvalue weighted by molar-refractivity contribution is 0.230. The summed E-state index contributed by atoms with van der Waals surface area (Å²) in [5.41, 5.74) is 0.195. The average Bonchev–Trinajstić information content (AvgIpc) is 1.96. The quantitative estimate of drug-likeness (QED) is 0.801. The van der Waals surface area contributed by atoms with Gasteiger partial charge >= 0.3 is 0 Å². The van der Waals surface area contributed by atoms with Crippen LogP contribution in [0.25, 0.3) is 0 Å². The molecule has 17 heavy (non-hydrogen) atoms. The van der Waals surface area contributed by atoms with Gasteiger partial charge in [-0.25, -0.2) is 8.42 Å². The van der Waals surface area contributed by atoms with Crippen LogP contribution in [0.5, 0.6) is 0 Å². The predicted molar refractivity (Wildman–Crippen MR) is 75.1 cm³/mol. The van der Waals surface area contributed by atoms with E-state index in [1.165, 1.54) is 0 Å². The normalized spacial score (nSPS) is 15.9. The van der Waals surface area contributed by atoms with E-state index >= 15 is 0 Å². The van der Waals surface area contributed by atoms with Crippen LogP contribution in [0.2, 0.25) is 0 Å². The summed E-state index contributed by atoms with van der Waals surface area (Å²) in [6.45, 7) is 14.5. The zero-order valence-corrected chi connectivity index (χ0v) is 13.2. The lowest BCUT2D eigenvalue weighted by Crippen LogP contribution is -2.49. The van der Waals surface area contributed by atoms with Crippen molar-refractivity contribution in [2.45, 2.75) is 66.5 Å². The molecule has 0 aliphatic rings. The van der Waals surface area contributed by atoms with E-state index in [4.69, 9.17) is 0 Å². The van der Waals surface area contributed by atoms with Gasteiger partial charge in [-0.2, -0.15) is 0 Å². The summed E-state index contributed by atoms with van der Waals surface area (Å²) in [5.74, 6) is 0.440. The van der Waals surface area contributed by atoms with Gasteiger partial charge in [-0.3, -0.25) is 0 Å². The van der Waals surface area contributed by atoms with Crippen LogP contribution in [0.3, 0.4) is 0 Å². The molecule has 3 nitrogen and oxygen atoms in total. The third-order valence-electron chi connectivity index (χ3n) is 2.55. The van der Waals surface area contributed by atoms with Crippen molar-refractivity contribution < 1.29 is 8.42 Å². The fraction of sp³-hybridized carbons (Fsp3) is 1.00. The molecule has 4 heteroatoms. The second kappa shape index (κ2) is 5.70. The fourth-order valence-corrected chi connectivity index (χ4v) is 3.67. The largest absolute Gasteiger partial charge is 0.308 e. The van der Waals surface area contributed by atoms with Crippen molar-refractivity contribution in [3.8, 4) is 0 Å². The Hall–Kier alpha value is -0.0900. The third-order valence-corrected chi connectivity index (χ3v) is 4.44. The van der Waals surface area contributed by atoms with E-state index in [9.17, 15) is 8.42 Å². The summed E-state index contributed by atoms with van der Waals surface area (Å²) in [7, 11) is -2.90. The second-order valence-corrected chi connectivity index (χ2v) is 9.26. The minimum atomic E-state index is -2.90. The first-order chi connectivity index (χ1) is 7.37. The molecule has 1 atom stereocenters. The zero-order chi connectivity index (χ0) is 13.9. The van der Waals surface area contributed by atoms with Crippen molar-refractivity contribution in [3.05, 3.63) is 0 Å². The van der Waals surface area contributed by atoms with Crippen LogP contribution in [0.15, 0.2) is 0 Å². The standard InChI is InChI=1S/C13H29NO2S/c1-8-17(15,16)9-11(2)14-13(6,7)10-12(3,4)5/h11,14H,8-10H2,1-7H3. The first kappa shape index (κ1) is 16.9. The molecule has 0 bridgehead atoms. The van der Waals surface area contributed by atoms with Crippen LogP contribution < -0.4 is 5.32 Å². The highest BCUT2D eigenvalue weighted by atomic mass is 32.2. The molecule has 0 saturated carbocycles. The molecule has 0 aromatic rings. The molecule has 0 aromatic carbocycles. The van der Waals surface area contributed by atoms with E-state index in [1.807, 2.05) is 6.92 Å². The molecule has 104 valence electrons. The second-order valence-electron chi connectivity index (χ2n) is 6.87. The molecule has 0 rings (SSSR count). The maximum absolute atomic E-state index is 11.5. The molecule has 0 spiro atoms. The van der Waals surface area contributed by atoms with Crippen LogP contribution in [0.4, 0.5) is 0 Å². The van der Waals surface area contributed by atoms with E-state index in [0.717, 1.165) is 6.42 Å². The summed E-state index contributed by atoms with van der Waals surface area (Å²) in [6, 6.07) is -0.00250. The summed E-state index contributed by atoms with van der Waals surface area (Å²) in [6.07, 6.45) is 1.01. The van der Waals surface area contributed by atoms with Gasteiger partial charge < -0.3 is 5.32 Å². The van der Waals surface area contributed by atoms with E-state index in [2.05, 4.69) is 39.9 Å². The van der Waals surface area contributed by atoms with Gasteiger partial charge in [-0.05, 0) is 32.6 Å². The van der Waals surface area contributed by atoms with Gasteiger partial charge in [0.15, 0.2) is 9.84 Å². The van der Waals surface area contributed by atoms with E-state index in [-0.39, 0.29) is 28.5 Å². The van der Waals surface area contributed by atoms with Crippen molar-refractivity contribution in [2.75, 3.05) is 11.5 Å². The third kappa shape index (κ3) is 8.61. The number of nitrogens with one attached hydrogen (secondary N) is 1. The summed E-state index contributed by atoms with van der Waals surface area (Å²) < 4.78 is 23.1. The maximum Gasteiger partial charge on any atom is 0.151 e. The Kier molecular flexibility index (Phi) is 5.67. The molecule has 0 radical (unpaired) electrons. The molecule has 0 saturated heterocycles. The van der Waals surface area contributed by atoms with Crippen molar-refractivity contribution in [3.63, 3.8) is 0 Å². The Balaban J connectivity index is 4.43. The number of rotatable bonds is 6. The minimum Gasteiger partial charge on any atom is -0.308 e. The first-order valence-electron chi connectivity index (χ1n) is 6.35. The van der Waals surface area contributed by atoms with Gasteiger partial charge in [0.25, 0.3) is 0 Å². The fourth-order valence-electron chi connectivity index (χ4n) is 2.58. The van der Waals surface area contributed by atoms with Gasteiger partial charge in [0, 0.05) is 17.3 Å². The van der Waals surface area contributed by atoms with Gasteiger partial charge in [0.2, 0.25) is 0 Å². The molecule has 0 aromatic heterocycles. The van der Waals surface area contributed by atoms with Crippen molar-refractivity contribution in [1.82, 2.24) is 5.32 Å². The van der Waals surface area contributed by atoms with Gasteiger partial charge in [-0.1, -0.05) is 27.7 Å². The number of sulfone groups is 1. The highest BCUT2D eigenvalue weighted by Gasteiger charge is 2.27. The average molecular weight is 263 g/mol. The zero-order valence-electron chi connectivity index (χ0n) is 12.4. The summed E-state index contributed by atoms with van der Waals surface area (Å²) >= 11 is 0. The smallest absolute Gasteiger partial charge is 0.151 e. The highest BCUT2D eigenvalue weighted by molar-refractivity contribution is 7.91. The van der Waals surface area contributed by atoms with Crippen LogP contribution in [-0.4, -0.2) is 31.5 Å². The number of hydrogen-bond acceptors (Lipinski definition) is 3. The van der Waals surface area contributed by atoms with Gasteiger partial charge in [-0.15, -0.1) is 0 Å². The predicted octanol–water partition coefficient (Wildman–Crippen LogP) is 2.61. The van der Waals surface area contributed by atoms with Gasteiger partial charge in [0.1, 0.15) is 0 Å². The summed E-state index contributed by atoms with van der Waals surface area (Å²) in [5, 5.41) is 3.42. The summed E-state index contributed by atoms with van der Waals surface area (Å²) in [4.78, 5) is 0. The van der Waals surface area contributed by atoms with Crippen LogP contribution in [0, 0.1) is 5.41 Å². The Labute approximate surface area is 107 Å². The van der Waals surface area contributed by atoms with Gasteiger partial charge in [0.05, 0.1) is 5.75 Å². The van der Waals surface area contributed by atoms with E-state index in [0.29, 0.717) is 0 Å². The van der Waals surface area contributed by atoms with E-state index in [1.54, 1.807) is 6.92 Å². The SMILES string of the molecule is CCS(=O)(=O)CC(C)NC(C)(C)CC(C)(C)C. The van der Waals surface area contributed by atoms with Crippen LogP contribution in [-0.2, 0) is 9.84 Å². The molecule has 1 N–H and O–H groups in total. The molecular weight excluding hydrogens is 234 g/mol. The molecular formula is C13H29NO2S. The monoisotopic (exact) mass is 263 g/mol. The van der Waals surface area contributed by atoms with Crippen LogP contribution >= 0.6 is 0 Å². The molecule has 0 heterocycles. The van der Waals surface area contributed by atoms with Crippen molar-refractivity contribution in [2.24, 2.45) is 5.41 Å². The molecule has 0 amide bonds. The highest BCUT2D eigenvalue weighted by Crippen LogP contribution is 2.27. The van der Waals surface area contributed by atoms with Crippen LogP contribution in [0.1, 0.15) is 54.9 Å². The molecule has 1 unspecified atom stereocenters. The Bertz CT molecular complexity index is 326. The Morgan fingerprint density at radius 2 is 1.59 bits per heavy atom. The van der Waals surface area contributed by atoms with Crippen molar-refractivity contribution in [1.29, 1.82) is 0 Å². The minimum absolute atomic E-state index is 0.00250.